The molecule has 6 heteroatoms. The molecule has 0 aliphatic heterocycles. The third-order valence-corrected chi connectivity index (χ3v) is 2.15. The number of carbonyl (C=O) groups is 2. The summed E-state index contributed by atoms with van der Waals surface area (Å²) in [7, 11) is 1.69. The van der Waals surface area contributed by atoms with Gasteiger partial charge in [-0.05, 0) is 26.0 Å². The Bertz CT molecular complexity index is 432. The maximum Gasteiger partial charge on any atom is 0.255 e. The number of nitrogens with zero attached hydrogens (tertiary/aromatic N) is 1. The predicted octanol–water partition coefficient (Wildman–Crippen LogP) is 0.378. The summed E-state index contributed by atoms with van der Waals surface area (Å²) in [5.41, 5.74) is 0.414. The summed E-state index contributed by atoms with van der Waals surface area (Å²) in [6.45, 7) is 3.68. The molecule has 1 aromatic rings. The van der Waals surface area contributed by atoms with Crippen LogP contribution in [0.3, 0.4) is 0 Å². The van der Waals surface area contributed by atoms with Gasteiger partial charge in [-0.1, -0.05) is 0 Å². The van der Waals surface area contributed by atoms with Gasteiger partial charge in [0.1, 0.15) is 5.82 Å². The fraction of sp³-hybridized carbons (Fsp3) is 0.417. The number of anilines is 1. The maximum absolute atomic E-state index is 11.8. The fourth-order valence-electron chi connectivity index (χ4n) is 1.42. The van der Waals surface area contributed by atoms with Crippen molar-refractivity contribution in [2.45, 2.75) is 19.9 Å². The van der Waals surface area contributed by atoms with Gasteiger partial charge in [0, 0.05) is 19.3 Å². The van der Waals surface area contributed by atoms with Gasteiger partial charge in [0.2, 0.25) is 5.91 Å². The van der Waals surface area contributed by atoms with Crippen molar-refractivity contribution in [3.8, 4) is 0 Å². The quantitative estimate of drug-likeness (QED) is 0.705. The zero-order valence-electron chi connectivity index (χ0n) is 10.8. The van der Waals surface area contributed by atoms with Crippen LogP contribution in [0, 0.1) is 0 Å². The number of aromatic nitrogens is 1. The first-order chi connectivity index (χ1) is 8.54. The minimum atomic E-state index is -0.327. The molecule has 18 heavy (non-hydrogen) atoms. The van der Waals surface area contributed by atoms with Crippen LogP contribution in [0.2, 0.25) is 0 Å². The molecule has 0 aromatic carbocycles. The van der Waals surface area contributed by atoms with Crippen LogP contribution >= 0.6 is 0 Å². The Kier molecular flexibility index (Phi) is 5.10. The third kappa shape index (κ3) is 4.04. The number of rotatable bonds is 5. The molecule has 98 valence electrons. The van der Waals surface area contributed by atoms with Crippen LogP contribution in [-0.4, -0.2) is 36.4 Å². The van der Waals surface area contributed by atoms with Crippen molar-refractivity contribution in [3.63, 3.8) is 0 Å². The van der Waals surface area contributed by atoms with E-state index in [2.05, 4.69) is 20.9 Å². The van der Waals surface area contributed by atoms with Crippen molar-refractivity contribution in [1.82, 2.24) is 15.6 Å². The van der Waals surface area contributed by atoms with Crippen molar-refractivity contribution in [2.24, 2.45) is 0 Å². The minimum Gasteiger partial charge on any atom is -0.372 e. The first kappa shape index (κ1) is 14.0. The van der Waals surface area contributed by atoms with Gasteiger partial charge in [-0.15, -0.1) is 0 Å². The summed E-state index contributed by atoms with van der Waals surface area (Å²) in [5, 5.41) is 8.06. The lowest BCUT2D eigenvalue weighted by atomic mass is 10.2. The molecule has 0 radical (unpaired) electrons. The van der Waals surface area contributed by atoms with Crippen LogP contribution in [0.1, 0.15) is 24.2 Å². The number of hydrogen-bond acceptors (Lipinski definition) is 4. The van der Waals surface area contributed by atoms with Crippen molar-refractivity contribution in [3.05, 3.63) is 23.9 Å². The van der Waals surface area contributed by atoms with Crippen LogP contribution in [0.5, 0.6) is 0 Å². The van der Waals surface area contributed by atoms with E-state index in [4.69, 9.17) is 0 Å². The molecular weight excluding hydrogens is 232 g/mol. The molecule has 2 amide bonds. The summed E-state index contributed by atoms with van der Waals surface area (Å²) in [6, 6.07) is 3.37. The van der Waals surface area contributed by atoms with Gasteiger partial charge in [0.15, 0.2) is 0 Å². The van der Waals surface area contributed by atoms with Gasteiger partial charge in [0.25, 0.3) is 5.91 Å². The Morgan fingerprint density at radius 3 is 2.72 bits per heavy atom. The van der Waals surface area contributed by atoms with Gasteiger partial charge in [-0.3, -0.25) is 9.59 Å². The average Bonchev–Trinajstić information content (AvgIpc) is 2.35. The van der Waals surface area contributed by atoms with Crippen LogP contribution < -0.4 is 16.0 Å². The molecule has 0 unspecified atom stereocenters. The van der Waals surface area contributed by atoms with E-state index >= 15 is 0 Å². The molecule has 0 saturated heterocycles. The summed E-state index contributed by atoms with van der Waals surface area (Å²) in [6.07, 6.45) is 1.59. The zero-order chi connectivity index (χ0) is 13.5. The van der Waals surface area contributed by atoms with Crippen molar-refractivity contribution in [1.29, 1.82) is 0 Å². The molecule has 6 nitrogen and oxygen atoms in total. The van der Waals surface area contributed by atoms with Crippen LogP contribution in [0.4, 0.5) is 5.82 Å². The Morgan fingerprint density at radius 2 is 2.11 bits per heavy atom. The van der Waals surface area contributed by atoms with E-state index in [-0.39, 0.29) is 24.4 Å². The first-order valence-electron chi connectivity index (χ1n) is 5.75. The number of pyridine rings is 1. The molecule has 0 aliphatic carbocycles. The number of hydrogen-bond donors (Lipinski definition) is 3. The fourth-order valence-corrected chi connectivity index (χ4v) is 1.42. The second kappa shape index (κ2) is 6.58. The molecule has 0 saturated carbocycles. The molecule has 1 heterocycles. The summed E-state index contributed by atoms with van der Waals surface area (Å²) in [5.74, 6) is -0.0566. The highest BCUT2D eigenvalue weighted by atomic mass is 16.2. The van der Waals surface area contributed by atoms with Gasteiger partial charge in [-0.25, -0.2) is 4.98 Å². The summed E-state index contributed by atoms with van der Waals surface area (Å²) in [4.78, 5) is 27.3. The van der Waals surface area contributed by atoms with Gasteiger partial charge >= 0.3 is 0 Å². The highest BCUT2D eigenvalue weighted by Crippen LogP contribution is 2.09. The number of amides is 2. The van der Waals surface area contributed by atoms with Gasteiger partial charge in [0.05, 0.1) is 12.1 Å². The average molecular weight is 250 g/mol. The second-order valence-electron chi connectivity index (χ2n) is 4.05. The van der Waals surface area contributed by atoms with Gasteiger partial charge < -0.3 is 16.0 Å². The maximum atomic E-state index is 11.8. The van der Waals surface area contributed by atoms with Crippen LogP contribution in [-0.2, 0) is 4.79 Å². The lowest BCUT2D eigenvalue weighted by Gasteiger charge is -2.10. The van der Waals surface area contributed by atoms with Crippen molar-refractivity contribution >= 4 is 17.6 Å². The van der Waals surface area contributed by atoms with Crippen LogP contribution in [0.25, 0.3) is 0 Å². The highest BCUT2D eigenvalue weighted by molar-refractivity contribution is 6.00. The Labute approximate surface area is 106 Å². The predicted molar refractivity (Wildman–Crippen MR) is 69.4 cm³/mol. The van der Waals surface area contributed by atoms with Crippen LogP contribution in [0.15, 0.2) is 18.3 Å². The molecule has 0 atom stereocenters. The highest BCUT2D eigenvalue weighted by Gasteiger charge is 2.12. The molecule has 0 bridgehead atoms. The van der Waals surface area contributed by atoms with Gasteiger partial charge in [-0.2, -0.15) is 0 Å². The molecular formula is C12H18N4O2. The molecule has 1 aromatic heterocycles. The van der Waals surface area contributed by atoms with Crippen molar-refractivity contribution < 1.29 is 9.59 Å². The van der Waals surface area contributed by atoms with E-state index in [0.29, 0.717) is 11.4 Å². The Balaban J connectivity index is 2.58. The van der Waals surface area contributed by atoms with E-state index in [0.717, 1.165) is 0 Å². The zero-order valence-corrected chi connectivity index (χ0v) is 10.8. The molecule has 0 fully saturated rings. The Morgan fingerprint density at radius 1 is 1.39 bits per heavy atom. The smallest absolute Gasteiger partial charge is 0.255 e. The van der Waals surface area contributed by atoms with E-state index in [1.54, 1.807) is 25.4 Å². The lowest BCUT2D eigenvalue weighted by Crippen LogP contribution is -2.40. The minimum absolute atomic E-state index is 0.0466. The second-order valence-corrected chi connectivity index (χ2v) is 4.05. The molecule has 0 aliphatic rings. The molecule has 0 spiro atoms. The first-order valence-corrected chi connectivity index (χ1v) is 5.75. The number of nitrogens with one attached hydrogen (secondary N) is 3. The van der Waals surface area contributed by atoms with E-state index in [1.807, 2.05) is 13.8 Å². The summed E-state index contributed by atoms with van der Waals surface area (Å²) >= 11 is 0. The van der Waals surface area contributed by atoms with E-state index < -0.39 is 0 Å². The SMILES string of the molecule is CNc1ncccc1C(=O)NCC(=O)NC(C)C. The van der Waals surface area contributed by atoms with E-state index in [9.17, 15) is 9.59 Å². The van der Waals surface area contributed by atoms with Crippen molar-refractivity contribution in [2.75, 3.05) is 18.9 Å². The summed E-state index contributed by atoms with van der Waals surface area (Å²) < 4.78 is 0. The lowest BCUT2D eigenvalue weighted by molar-refractivity contribution is -0.120. The van der Waals surface area contributed by atoms with E-state index in [1.165, 1.54) is 0 Å². The molecule has 3 N–H and O–H groups in total. The third-order valence-electron chi connectivity index (χ3n) is 2.15. The molecule has 1 rings (SSSR count). The topological polar surface area (TPSA) is 83.1 Å². The number of carbonyl (C=O) groups excluding carboxylic acids is 2. The largest absolute Gasteiger partial charge is 0.372 e. The monoisotopic (exact) mass is 250 g/mol. The standard InChI is InChI=1S/C12H18N4O2/c1-8(2)16-10(17)7-15-12(18)9-5-4-6-14-11(9)13-3/h4-6,8H,7H2,1-3H3,(H,13,14)(H,15,18)(H,16,17). The Hall–Kier alpha value is -2.11. The normalized spacial score (nSPS) is 10.0.